The molecule has 1 aliphatic carbocycles. The van der Waals surface area contributed by atoms with Crippen LogP contribution in [0.5, 0.6) is 5.75 Å². The molecule has 0 spiro atoms. The van der Waals surface area contributed by atoms with E-state index >= 15 is 0 Å². The second-order valence-corrected chi connectivity index (χ2v) is 19.3. The van der Waals surface area contributed by atoms with E-state index in [4.69, 9.17) is 4.74 Å². The Hall–Kier alpha value is -1.07. The highest BCUT2D eigenvalue weighted by atomic mass is 28.3. The van der Waals surface area contributed by atoms with Gasteiger partial charge in [0.25, 0.3) is 0 Å². The smallest absolute Gasteiger partial charge is 0.117 e. The van der Waals surface area contributed by atoms with Crippen LogP contribution >= 0.6 is 0 Å². The highest BCUT2D eigenvalue weighted by Crippen LogP contribution is 2.38. The zero-order valence-corrected chi connectivity index (χ0v) is 19.9. The van der Waals surface area contributed by atoms with Crippen LogP contribution in [0.25, 0.3) is 0 Å². The molecule has 0 aromatic heterocycles. The summed E-state index contributed by atoms with van der Waals surface area (Å²) >= 11 is 0. The van der Waals surface area contributed by atoms with Crippen LogP contribution < -0.4 is 15.1 Å². The summed E-state index contributed by atoms with van der Waals surface area (Å²) in [4.78, 5) is 0. The van der Waals surface area contributed by atoms with Gasteiger partial charge in [0.05, 0.1) is 15.2 Å². The van der Waals surface area contributed by atoms with E-state index < -0.39 is 16.1 Å². The Morgan fingerprint density at radius 2 is 1.52 bits per heavy atom. The Kier molecular flexibility index (Phi) is 5.33. The van der Waals surface area contributed by atoms with Gasteiger partial charge in [0.2, 0.25) is 0 Å². The zero-order chi connectivity index (χ0) is 19.2. The van der Waals surface area contributed by atoms with E-state index in [1.165, 1.54) is 27.3 Å². The van der Waals surface area contributed by atoms with Crippen LogP contribution in [-0.4, -0.2) is 23.3 Å². The number of methoxy groups -OCH3 is 1. The van der Waals surface area contributed by atoms with Crippen LogP contribution in [0.4, 0.5) is 0 Å². The Bertz CT molecular complexity index is 731. The van der Waals surface area contributed by atoms with Crippen LogP contribution in [0, 0.1) is 6.92 Å². The van der Waals surface area contributed by atoms with Crippen molar-refractivity contribution in [1.29, 1.82) is 0 Å². The van der Waals surface area contributed by atoms with Gasteiger partial charge in [0, 0.05) is 0 Å². The summed E-state index contributed by atoms with van der Waals surface area (Å²) in [7, 11) is -1.58. The fraction of sp³-hybridized carbons (Fsp3) is 0.545. The minimum Gasteiger partial charge on any atom is -0.497 e. The molecule has 0 saturated carbocycles. The van der Waals surface area contributed by atoms with Crippen molar-refractivity contribution in [2.75, 3.05) is 7.11 Å². The molecule has 1 aromatic rings. The summed E-state index contributed by atoms with van der Waals surface area (Å²) in [5, 5.41) is 4.91. The minimum atomic E-state index is -1.76. The lowest BCUT2D eigenvalue weighted by Gasteiger charge is -2.40. The molecule has 0 aliphatic heterocycles. The van der Waals surface area contributed by atoms with Gasteiger partial charge in [-0.2, -0.15) is 0 Å². The largest absolute Gasteiger partial charge is 0.497 e. The van der Waals surface area contributed by atoms with E-state index in [-0.39, 0.29) is 0 Å². The van der Waals surface area contributed by atoms with Crippen LogP contribution in [-0.2, 0) is 0 Å². The molecular formula is C22H36OSi2. The molecule has 0 N–H and O–H groups in total. The van der Waals surface area contributed by atoms with Gasteiger partial charge in [-0.05, 0) is 35.7 Å². The molecule has 1 nitrogen and oxygen atoms in total. The number of benzene rings is 1. The third-order valence-corrected chi connectivity index (χ3v) is 15.9. The molecule has 0 saturated heterocycles. The first-order chi connectivity index (χ1) is 11.3. The van der Waals surface area contributed by atoms with Crippen molar-refractivity contribution in [1.82, 2.24) is 0 Å². The Morgan fingerprint density at radius 3 is 1.96 bits per heavy atom. The van der Waals surface area contributed by atoms with Gasteiger partial charge in [-0.1, -0.05) is 87.6 Å². The highest BCUT2D eigenvalue weighted by molar-refractivity contribution is 6.98. The molecule has 0 heterocycles. The normalized spacial score (nSPS) is 15.9. The summed E-state index contributed by atoms with van der Waals surface area (Å²) in [5.74, 6) is 1.18. The van der Waals surface area contributed by atoms with Gasteiger partial charge in [0.1, 0.15) is 13.8 Å². The average molecular weight is 373 g/mol. The molecule has 0 fully saturated rings. The van der Waals surface area contributed by atoms with Crippen molar-refractivity contribution < 1.29 is 4.74 Å². The third kappa shape index (κ3) is 3.46. The predicted molar refractivity (Wildman–Crippen MR) is 118 cm³/mol. The first-order valence-corrected chi connectivity index (χ1v) is 15.4. The second kappa shape index (κ2) is 6.58. The van der Waals surface area contributed by atoms with Crippen molar-refractivity contribution in [3.8, 4) is 5.75 Å². The van der Waals surface area contributed by atoms with E-state index in [9.17, 15) is 0 Å². The fourth-order valence-corrected chi connectivity index (χ4v) is 9.59. The Balaban J connectivity index is 2.75. The first-order valence-electron chi connectivity index (χ1n) is 9.40. The lowest BCUT2D eigenvalue weighted by Crippen LogP contribution is -2.54. The lowest BCUT2D eigenvalue weighted by molar-refractivity contribution is 0.420. The van der Waals surface area contributed by atoms with Gasteiger partial charge in [-0.15, -0.1) is 0 Å². The quantitative estimate of drug-likeness (QED) is 0.639. The van der Waals surface area contributed by atoms with Crippen LogP contribution in [0.2, 0.25) is 31.2 Å². The molecule has 0 bridgehead atoms. The minimum absolute atomic E-state index is 0.293. The molecule has 3 heteroatoms. The Morgan fingerprint density at radius 1 is 0.960 bits per heavy atom. The molecular weight excluding hydrogens is 336 g/mol. The van der Waals surface area contributed by atoms with Crippen molar-refractivity contribution >= 4 is 26.5 Å². The topological polar surface area (TPSA) is 9.23 Å². The van der Waals surface area contributed by atoms with Gasteiger partial charge in [0.15, 0.2) is 0 Å². The highest BCUT2D eigenvalue weighted by Gasteiger charge is 2.42. The molecule has 0 amide bonds. The van der Waals surface area contributed by atoms with Crippen molar-refractivity contribution in [3.05, 3.63) is 40.6 Å². The summed E-state index contributed by atoms with van der Waals surface area (Å²) < 4.78 is 6.12. The number of rotatable bonds is 4. The number of hydrogen-bond donors (Lipinski definition) is 0. The Labute approximate surface area is 157 Å². The number of allylic oxidation sites excluding steroid dienone is 4. The predicted octanol–water partition coefficient (Wildman–Crippen LogP) is 5.45. The first kappa shape index (κ1) is 20.2. The van der Waals surface area contributed by atoms with Crippen LogP contribution in [0.1, 0.15) is 39.7 Å². The standard InChI is InChI=1S/C22H36OSi2/c1-16-14-19(24(7,8)18-13-11-12-17(18)2)21(23-6)20(15-16)25(9,10)22(3,4)5/h11-12,14-15H,13H2,1-10H3. The van der Waals surface area contributed by atoms with Crippen molar-refractivity contribution in [2.24, 2.45) is 0 Å². The van der Waals surface area contributed by atoms with E-state index in [0.29, 0.717) is 5.04 Å². The van der Waals surface area contributed by atoms with Gasteiger partial charge in [-0.25, -0.2) is 0 Å². The van der Waals surface area contributed by atoms with E-state index in [0.717, 1.165) is 6.42 Å². The molecule has 0 unspecified atom stereocenters. The molecule has 0 radical (unpaired) electrons. The summed E-state index contributed by atoms with van der Waals surface area (Å²) in [6.07, 6.45) is 5.72. The second-order valence-electron chi connectivity index (χ2n) is 9.66. The SMILES string of the molecule is COc1c([Si](C)(C)C2=C(C)C=CC2)cc(C)cc1[Si](C)(C)C(C)(C)C. The van der Waals surface area contributed by atoms with E-state index in [2.05, 4.69) is 85.1 Å². The lowest BCUT2D eigenvalue weighted by atomic mass is 10.2. The van der Waals surface area contributed by atoms with Gasteiger partial charge >= 0.3 is 0 Å². The summed E-state index contributed by atoms with van der Waals surface area (Å²) in [6.45, 7) is 21.6. The maximum Gasteiger partial charge on any atom is 0.117 e. The van der Waals surface area contributed by atoms with Crippen molar-refractivity contribution in [3.63, 3.8) is 0 Å². The van der Waals surface area contributed by atoms with Crippen LogP contribution in [0.15, 0.2) is 35.1 Å². The van der Waals surface area contributed by atoms with Crippen molar-refractivity contribution in [2.45, 2.75) is 72.3 Å². The number of ether oxygens (including phenoxy) is 1. The molecule has 25 heavy (non-hydrogen) atoms. The monoisotopic (exact) mass is 372 g/mol. The van der Waals surface area contributed by atoms with Gasteiger partial charge < -0.3 is 4.74 Å². The third-order valence-electron chi connectivity index (χ3n) is 6.58. The van der Waals surface area contributed by atoms with E-state index in [1.807, 2.05) is 7.11 Å². The molecule has 138 valence electrons. The molecule has 0 atom stereocenters. The fourth-order valence-electron chi connectivity index (χ4n) is 3.85. The molecule has 2 rings (SSSR count). The molecule has 1 aromatic carbocycles. The van der Waals surface area contributed by atoms with Crippen LogP contribution in [0.3, 0.4) is 0 Å². The average Bonchev–Trinajstić information content (AvgIpc) is 2.92. The van der Waals surface area contributed by atoms with E-state index in [1.54, 1.807) is 5.20 Å². The number of aryl methyl sites for hydroxylation is 1. The van der Waals surface area contributed by atoms with Gasteiger partial charge in [-0.3, -0.25) is 0 Å². The maximum absolute atomic E-state index is 6.12. The summed E-state index contributed by atoms with van der Waals surface area (Å²) in [5.41, 5.74) is 2.84. The number of hydrogen-bond acceptors (Lipinski definition) is 1. The zero-order valence-electron chi connectivity index (χ0n) is 17.9. The molecule has 1 aliphatic rings. The summed E-state index contributed by atoms with van der Waals surface area (Å²) in [6, 6.07) is 4.80. The maximum atomic E-state index is 6.12.